The van der Waals surface area contributed by atoms with Crippen molar-refractivity contribution in [2.75, 3.05) is 38.5 Å². The third-order valence-corrected chi connectivity index (χ3v) is 4.14. The van der Waals surface area contributed by atoms with Gasteiger partial charge in [-0.05, 0) is 38.2 Å². The van der Waals surface area contributed by atoms with Gasteiger partial charge in [0.05, 0.1) is 6.54 Å². The molecule has 1 amide bonds. The summed E-state index contributed by atoms with van der Waals surface area (Å²) < 4.78 is 0. The molecule has 0 atom stereocenters. The van der Waals surface area contributed by atoms with Crippen LogP contribution in [0.25, 0.3) is 0 Å². The molecule has 122 valence electrons. The Morgan fingerprint density at radius 2 is 1.91 bits per heavy atom. The molecular formula is C17H23N5O. The first-order valence-electron chi connectivity index (χ1n) is 7.94. The van der Waals surface area contributed by atoms with Gasteiger partial charge in [-0.2, -0.15) is 0 Å². The van der Waals surface area contributed by atoms with E-state index < -0.39 is 0 Å². The number of aryl methyl sites for hydroxylation is 1. The van der Waals surface area contributed by atoms with E-state index in [1.54, 1.807) is 0 Å². The van der Waals surface area contributed by atoms with Crippen LogP contribution < -0.4 is 5.32 Å². The Labute approximate surface area is 136 Å². The van der Waals surface area contributed by atoms with Crippen LogP contribution in [-0.2, 0) is 6.54 Å². The molecule has 2 aromatic rings. The number of carbonyl (C=O) groups excluding carboxylic acids is 1. The van der Waals surface area contributed by atoms with Gasteiger partial charge in [0.2, 0.25) is 0 Å². The maximum Gasteiger partial charge on any atom is 0.253 e. The summed E-state index contributed by atoms with van der Waals surface area (Å²) in [4.78, 5) is 24.1. The molecule has 1 aromatic carbocycles. The second-order valence-electron chi connectivity index (χ2n) is 6.04. The number of carbonyl (C=O) groups is 1. The number of piperazine rings is 1. The summed E-state index contributed by atoms with van der Waals surface area (Å²) in [7, 11) is 2.09. The molecular weight excluding hydrogens is 290 g/mol. The van der Waals surface area contributed by atoms with E-state index in [-0.39, 0.29) is 5.91 Å². The van der Waals surface area contributed by atoms with Gasteiger partial charge in [-0.25, -0.2) is 4.98 Å². The second kappa shape index (κ2) is 6.83. The molecule has 1 aliphatic rings. The van der Waals surface area contributed by atoms with Crippen molar-refractivity contribution in [3.8, 4) is 0 Å². The van der Waals surface area contributed by atoms with Gasteiger partial charge in [0.15, 0.2) is 0 Å². The van der Waals surface area contributed by atoms with Gasteiger partial charge in [-0.3, -0.25) is 4.79 Å². The fraction of sp³-hybridized carbons (Fsp3) is 0.412. The SMILES string of the molecule is Cc1cnc(CNc2ccc(C(=O)N3CCN(C)CC3)cc2)[nH]1. The first-order chi connectivity index (χ1) is 11.1. The zero-order valence-corrected chi connectivity index (χ0v) is 13.7. The highest BCUT2D eigenvalue weighted by atomic mass is 16.2. The van der Waals surface area contributed by atoms with Crippen LogP contribution in [0.1, 0.15) is 21.9 Å². The van der Waals surface area contributed by atoms with Crippen molar-refractivity contribution in [2.45, 2.75) is 13.5 Å². The Bertz CT molecular complexity index is 656. The third-order valence-electron chi connectivity index (χ3n) is 4.14. The summed E-state index contributed by atoms with van der Waals surface area (Å²) in [6.45, 7) is 6.09. The highest BCUT2D eigenvalue weighted by Crippen LogP contribution is 2.13. The van der Waals surface area contributed by atoms with Crippen LogP contribution in [0.15, 0.2) is 30.5 Å². The molecule has 1 aromatic heterocycles. The van der Waals surface area contributed by atoms with Crippen LogP contribution in [0, 0.1) is 6.92 Å². The van der Waals surface area contributed by atoms with Crippen molar-refractivity contribution < 1.29 is 4.79 Å². The number of hydrogen-bond acceptors (Lipinski definition) is 4. The lowest BCUT2D eigenvalue weighted by atomic mass is 10.1. The minimum atomic E-state index is 0.117. The zero-order valence-electron chi connectivity index (χ0n) is 13.7. The molecule has 2 heterocycles. The first-order valence-corrected chi connectivity index (χ1v) is 7.94. The Hall–Kier alpha value is -2.34. The Kier molecular flexibility index (Phi) is 4.62. The number of amides is 1. The van der Waals surface area contributed by atoms with Crippen molar-refractivity contribution in [1.29, 1.82) is 0 Å². The minimum absolute atomic E-state index is 0.117. The van der Waals surface area contributed by atoms with Crippen molar-refractivity contribution >= 4 is 11.6 Å². The lowest BCUT2D eigenvalue weighted by molar-refractivity contribution is 0.0664. The van der Waals surface area contributed by atoms with E-state index in [1.807, 2.05) is 42.3 Å². The summed E-state index contributed by atoms with van der Waals surface area (Å²) in [5.41, 5.74) is 2.78. The highest BCUT2D eigenvalue weighted by molar-refractivity contribution is 5.94. The van der Waals surface area contributed by atoms with E-state index in [0.717, 1.165) is 48.9 Å². The van der Waals surface area contributed by atoms with Crippen molar-refractivity contribution in [3.05, 3.63) is 47.5 Å². The maximum absolute atomic E-state index is 12.5. The molecule has 0 radical (unpaired) electrons. The van der Waals surface area contributed by atoms with Crippen LogP contribution in [0.3, 0.4) is 0 Å². The fourth-order valence-electron chi connectivity index (χ4n) is 2.67. The van der Waals surface area contributed by atoms with Crippen LogP contribution in [-0.4, -0.2) is 58.9 Å². The molecule has 1 saturated heterocycles. The minimum Gasteiger partial charge on any atom is -0.378 e. The number of aromatic amines is 1. The third kappa shape index (κ3) is 3.90. The molecule has 0 spiro atoms. The highest BCUT2D eigenvalue weighted by Gasteiger charge is 2.20. The first kappa shape index (κ1) is 15.6. The lowest BCUT2D eigenvalue weighted by Gasteiger charge is -2.32. The topological polar surface area (TPSA) is 64.3 Å². The molecule has 6 nitrogen and oxygen atoms in total. The smallest absolute Gasteiger partial charge is 0.253 e. The van der Waals surface area contributed by atoms with Gasteiger partial charge in [-0.1, -0.05) is 0 Å². The normalized spacial score (nSPS) is 15.7. The van der Waals surface area contributed by atoms with E-state index in [0.29, 0.717) is 6.54 Å². The van der Waals surface area contributed by atoms with Crippen molar-refractivity contribution in [3.63, 3.8) is 0 Å². The molecule has 0 bridgehead atoms. The molecule has 0 unspecified atom stereocenters. The number of benzene rings is 1. The molecule has 23 heavy (non-hydrogen) atoms. The predicted molar refractivity (Wildman–Crippen MR) is 90.5 cm³/mol. The number of aromatic nitrogens is 2. The summed E-state index contributed by atoms with van der Waals surface area (Å²) >= 11 is 0. The average Bonchev–Trinajstić information content (AvgIpc) is 2.99. The predicted octanol–water partition coefficient (Wildman–Crippen LogP) is 1.72. The van der Waals surface area contributed by atoms with Crippen LogP contribution in [0.4, 0.5) is 5.69 Å². The number of H-pyrrole nitrogens is 1. The Balaban J connectivity index is 1.57. The molecule has 0 saturated carbocycles. The van der Waals surface area contributed by atoms with Gasteiger partial charge in [0.25, 0.3) is 5.91 Å². The van der Waals surface area contributed by atoms with Crippen molar-refractivity contribution in [2.24, 2.45) is 0 Å². The molecule has 1 aliphatic heterocycles. The van der Waals surface area contributed by atoms with E-state index in [4.69, 9.17) is 0 Å². The Morgan fingerprint density at radius 3 is 2.52 bits per heavy atom. The summed E-state index contributed by atoms with van der Waals surface area (Å²) in [5.74, 6) is 1.02. The van der Waals surface area contributed by atoms with E-state index in [9.17, 15) is 4.79 Å². The number of nitrogens with zero attached hydrogens (tertiary/aromatic N) is 3. The van der Waals surface area contributed by atoms with E-state index in [2.05, 4.69) is 27.2 Å². The Morgan fingerprint density at radius 1 is 1.22 bits per heavy atom. The molecule has 2 N–H and O–H groups in total. The standard InChI is InChI=1S/C17H23N5O/c1-13-11-19-16(20-13)12-18-15-5-3-14(4-6-15)17(23)22-9-7-21(2)8-10-22/h3-6,11,18H,7-10,12H2,1-2H3,(H,19,20). The summed E-state index contributed by atoms with van der Waals surface area (Å²) in [6, 6.07) is 7.66. The number of nitrogens with one attached hydrogen (secondary N) is 2. The lowest BCUT2D eigenvalue weighted by Crippen LogP contribution is -2.47. The number of anilines is 1. The molecule has 3 rings (SSSR count). The second-order valence-corrected chi connectivity index (χ2v) is 6.04. The number of imidazole rings is 1. The number of likely N-dealkylation sites (N-methyl/N-ethyl adjacent to an activating group) is 1. The largest absolute Gasteiger partial charge is 0.378 e. The quantitative estimate of drug-likeness (QED) is 0.902. The van der Waals surface area contributed by atoms with Crippen LogP contribution in [0.2, 0.25) is 0 Å². The number of hydrogen-bond donors (Lipinski definition) is 2. The maximum atomic E-state index is 12.5. The average molecular weight is 313 g/mol. The fourth-order valence-corrected chi connectivity index (χ4v) is 2.67. The van der Waals surface area contributed by atoms with Crippen LogP contribution in [0.5, 0.6) is 0 Å². The van der Waals surface area contributed by atoms with E-state index in [1.165, 1.54) is 0 Å². The zero-order chi connectivity index (χ0) is 16.2. The van der Waals surface area contributed by atoms with Gasteiger partial charge >= 0.3 is 0 Å². The molecule has 0 aliphatic carbocycles. The van der Waals surface area contributed by atoms with Crippen molar-refractivity contribution in [1.82, 2.24) is 19.8 Å². The van der Waals surface area contributed by atoms with Gasteiger partial charge in [0, 0.05) is 49.3 Å². The van der Waals surface area contributed by atoms with Crippen LogP contribution >= 0.6 is 0 Å². The monoisotopic (exact) mass is 313 g/mol. The molecule has 1 fully saturated rings. The summed E-state index contributed by atoms with van der Waals surface area (Å²) in [5, 5.41) is 3.30. The summed E-state index contributed by atoms with van der Waals surface area (Å²) in [6.07, 6.45) is 1.81. The van der Waals surface area contributed by atoms with Gasteiger partial charge in [-0.15, -0.1) is 0 Å². The number of rotatable bonds is 4. The van der Waals surface area contributed by atoms with Gasteiger partial charge in [0.1, 0.15) is 5.82 Å². The van der Waals surface area contributed by atoms with E-state index >= 15 is 0 Å². The van der Waals surface area contributed by atoms with Gasteiger partial charge < -0.3 is 20.1 Å². The molecule has 6 heteroatoms.